The van der Waals surface area contributed by atoms with Crippen molar-refractivity contribution in [1.29, 1.82) is 0 Å². The van der Waals surface area contributed by atoms with Gasteiger partial charge in [-0.3, -0.25) is 14.7 Å². The lowest BCUT2D eigenvalue weighted by Gasteiger charge is -2.20. The predicted molar refractivity (Wildman–Crippen MR) is 134 cm³/mol. The van der Waals surface area contributed by atoms with Gasteiger partial charge in [0.2, 0.25) is 5.91 Å². The van der Waals surface area contributed by atoms with Crippen LogP contribution < -0.4 is 9.62 Å². The number of anilines is 1. The number of carbonyl (C=O) groups is 1. The molecule has 2 aromatic heterocycles. The molecule has 2 heterocycles. The fourth-order valence-electron chi connectivity index (χ4n) is 3.48. The number of hydrogen-bond donors (Lipinski definition) is 1. The Labute approximate surface area is 203 Å². The lowest BCUT2D eigenvalue weighted by atomic mass is 10.0. The van der Waals surface area contributed by atoms with Gasteiger partial charge in [0.25, 0.3) is 10.0 Å². The number of thiazole rings is 1. The number of nitrogens with one attached hydrogen (secondary N) is 1. The quantitative estimate of drug-likeness (QED) is 0.398. The van der Waals surface area contributed by atoms with Gasteiger partial charge in [0, 0.05) is 12.4 Å². The minimum atomic E-state index is -3.67. The highest BCUT2D eigenvalue weighted by Gasteiger charge is 2.26. The first-order valence-electron chi connectivity index (χ1n) is 10.6. The molecule has 0 saturated carbocycles. The van der Waals surface area contributed by atoms with Crippen LogP contribution in [0.15, 0.2) is 83.3 Å². The van der Waals surface area contributed by atoms with Crippen molar-refractivity contribution in [1.82, 2.24) is 14.7 Å². The second kappa shape index (κ2) is 10.3. The Bertz CT molecular complexity index is 1370. The number of aromatic nitrogens is 2. The van der Waals surface area contributed by atoms with Gasteiger partial charge in [-0.2, -0.15) is 0 Å². The summed E-state index contributed by atoms with van der Waals surface area (Å²) < 4.78 is 27.2. The van der Waals surface area contributed by atoms with E-state index >= 15 is 0 Å². The highest BCUT2D eigenvalue weighted by atomic mass is 32.2. The molecule has 0 unspecified atom stereocenters. The molecule has 1 amide bonds. The molecule has 0 radical (unpaired) electrons. The number of hydrogen-bond acceptors (Lipinski definition) is 6. The zero-order valence-corrected chi connectivity index (χ0v) is 20.4. The second-order valence-corrected chi connectivity index (χ2v) is 10.7. The maximum absolute atomic E-state index is 13.4. The van der Waals surface area contributed by atoms with Gasteiger partial charge in [-0.1, -0.05) is 72.0 Å². The summed E-state index contributed by atoms with van der Waals surface area (Å²) in [5, 5.41) is 0.334. The summed E-state index contributed by atoms with van der Waals surface area (Å²) in [6, 6.07) is 21.6. The largest absolute Gasteiger partial charge is 0.283 e. The minimum Gasteiger partial charge on any atom is -0.283 e. The van der Waals surface area contributed by atoms with E-state index in [1.54, 1.807) is 25.4 Å². The molecular weight excluding hydrogens is 468 g/mol. The topological polar surface area (TPSA) is 92.3 Å². The van der Waals surface area contributed by atoms with E-state index in [1.165, 1.54) is 11.9 Å². The zero-order chi connectivity index (χ0) is 24.1. The predicted octanol–water partition coefficient (Wildman–Crippen LogP) is 4.20. The Morgan fingerprint density at radius 2 is 1.68 bits per heavy atom. The molecule has 0 aliphatic heterocycles. The van der Waals surface area contributed by atoms with Crippen molar-refractivity contribution in [3.05, 3.63) is 95.9 Å². The summed E-state index contributed by atoms with van der Waals surface area (Å²) in [7, 11) is -2.32. The third-order valence-corrected chi connectivity index (χ3v) is 8.47. The maximum Gasteiger partial charge on any atom is 0.251 e. The van der Waals surface area contributed by atoms with Crippen LogP contribution in [0.1, 0.15) is 16.8 Å². The van der Waals surface area contributed by atoms with E-state index in [9.17, 15) is 13.2 Å². The van der Waals surface area contributed by atoms with Crippen LogP contribution in [-0.4, -0.2) is 31.3 Å². The van der Waals surface area contributed by atoms with Gasteiger partial charge in [0.15, 0.2) is 9.34 Å². The number of carbonyl (C=O) groups excluding carboxylic acids is 1. The Kier molecular flexibility index (Phi) is 7.16. The summed E-state index contributed by atoms with van der Waals surface area (Å²) in [5.41, 5.74) is 4.21. The van der Waals surface area contributed by atoms with E-state index in [0.717, 1.165) is 33.6 Å². The van der Waals surface area contributed by atoms with Crippen molar-refractivity contribution in [2.75, 3.05) is 11.9 Å². The van der Waals surface area contributed by atoms with E-state index in [-0.39, 0.29) is 23.1 Å². The van der Waals surface area contributed by atoms with Crippen LogP contribution in [-0.2, 0) is 27.8 Å². The third kappa shape index (κ3) is 5.39. The van der Waals surface area contributed by atoms with Crippen molar-refractivity contribution in [3.8, 4) is 11.1 Å². The van der Waals surface area contributed by atoms with Crippen molar-refractivity contribution in [3.63, 3.8) is 0 Å². The first kappa shape index (κ1) is 23.7. The third-order valence-electron chi connectivity index (χ3n) is 5.27. The normalized spacial score (nSPS) is 11.4. The molecule has 7 nitrogen and oxygen atoms in total. The van der Waals surface area contributed by atoms with Gasteiger partial charge in [-0.15, -0.1) is 0 Å². The Hall–Kier alpha value is -3.40. The lowest BCUT2D eigenvalue weighted by molar-refractivity contribution is -0.118. The minimum absolute atomic E-state index is 0.0983. The Morgan fingerprint density at radius 1 is 0.971 bits per heavy atom. The lowest BCUT2D eigenvalue weighted by Crippen LogP contribution is -2.31. The van der Waals surface area contributed by atoms with Crippen molar-refractivity contribution in [2.24, 2.45) is 0 Å². The Balaban J connectivity index is 1.62. The van der Waals surface area contributed by atoms with Gasteiger partial charge in [-0.05, 0) is 42.3 Å². The van der Waals surface area contributed by atoms with Crippen LogP contribution >= 0.6 is 11.3 Å². The zero-order valence-electron chi connectivity index (χ0n) is 18.8. The highest BCUT2D eigenvalue weighted by molar-refractivity contribution is 7.91. The van der Waals surface area contributed by atoms with Crippen LogP contribution in [0.4, 0.5) is 5.13 Å². The highest BCUT2D eigenvalue weighted by Crippen LogP contribution is 2.31. The number of sulfonamides is 1. The second-order valence-electron chi connectivity index (χ2n) is 7.66. The molecule has 0 atom stereocenters. The molecule has 0 spiro atoms. The number of rotatable bonds is 8. The van der Waals surface area contributed by atoms with E-state index in [0.29, 0.717) is 10.8 Å². The van der Waals surface area contributed by atoms with E-state index < -0.39 is 10.0 Å². The molecule has 4 rings (SSSR count). The van der Waals surface area contributed by atoms with Crippen LogP contribution in [0.5, 0.6) is 0 Å². The Morgan fingerprint density at radius 3 is 2.32 bits per heavy atom. The van der Waals surface area contributed by atoms with Gasteiger partial charge in [0.05, 0.1) is 18.7 Å². The first-order valence-corrected chi connectivity index (χ1v) is 12.9. The molecule has 1 N–H and O–H groups in total. The standard InChI is InChI=1S/C25H24N4O3S2/c1-18-24(34(31,32)26-2)33-25(28-18)29(17-20-7-6-14-27-16-20)23(30)15-19-10-12-22(13-11-19)21-8-4-3-5-9-21/h3-14,16,26H,15,17H2,1-2H3. The summed E-state index contributed by atoms with van der Waals surface area (Å²) in [4.78, 5) is 23.5. The van der Waals surface area contributed by atoms with E-state index in [2.05, 4.69) is 14.7 Å². The van der Waals surface area contributed by atoms with Crippen molar-refractivity contribution >= 4 is 32.4 Å². The number of amides is 1. The van der Waals surface area contributed by atoms with Crippen LogP contribution in [0.25, 0.3) is 11.1 Å². The molecule has 0 bridgehead atoms. The van der Waals surface area contributed by atoms with Crippen molar-refractivity contribution in [2.45, 2.75) is 24.1 Å². The van der Waals surface area contributed by atoms with Crippen LogP contribution in [0.2, 0.25) is 0 Å². The van der Waals surface area contributed by atoms with E-state index in [4.69, 9.17) is 0 Å². The summed E-state index contributed by atoms with van der Waals surface area (Å²) in [6.45, 7) is 1.86. The molecular formula is C25H24N4O3S2. The van der Waals surface area contributed by atoms with Crippen LogP contribution in [0.3, 0.4) is 0 Å². The monoisotopic (exact) mass is 492 g/mol. The first-order chi connectivity index (χ1) is 16.4. The van der Waals surface area contributed by atoms with Gasteiger partial charge in [0.1, 0.15) is 0 Å². The molecule has 174 valence electrons. The summed E-state index contributed by atoms with van der Waals surface area (Å²) in [6.07, 6.45) is 3.50. The number of aryl methyl sites for hydroxylation is 1. The molecule has 0 saturated heterocycles. The van der Waals surface area contributed by atoms with E-state index in [1.807, 2.05) is 60.7 Å². The van der Waals surface area contributed by atoms with Crippen LogP contribution in [0, 0.1) is 6.92 Å². The smallest absolute Gasteiger partial charge is 0.251 e. The molecule has 9 heteroatoms. The fourth-order valence-corrected chi connectivity index (χ4v) is 5.83. The molecule has 2 aromatic carbocycles. The fraction of sp³-hybridized carbons (Fsp3) is 0.160. The molecule has 0 fully saturated rings. The number of nitrogens with zero attached hydrogens (tertiary/aromatic N) is 3. The van der Waals surface area contributed by atoms with Gasteiger partial charge in [-0.25, -0.2) is 18.1 Å². The van der Waals surface area contributed by atoms with Gasteiger partial charge >= 0.3 is 0 Å². The number of benzene rings is 2. The number of pyridine rings is 1. The maximum atomic E-state index is 13.4. The molecule has 0 aliphatic rings. The average molecular weight is 493 g/mol. The average Bonchev–Trinajstić information content (AvgIpc) is 3.26. The molecule has 34 heavy (non-hydrogen) atoms. The molecule has 4 aromatic rings. The van der Waals surface area contributed by atoms with Gasteiger partial charge < -0.3 is 0 Å². The van der Waals surface area contributed by atoms with Crippen molar-refractivity contribution < 1.29 is 13.2 Å². The summed E-state index contributed by atoms with van der Waals surface area (Å²) >= 11 is 0.980. The molecule has 0 aliphatic carbocycles. The summed E-state index contributed by atoms with van der Waals surface area (Å²) in [5.74, 6) is -0.182. The SMILES string of the molecule is CNS(=O)(=O)c1sc(N(Cc2cccnc2)C(=O)Cc2ccc(-c3ccccc3)cc2)nc1C.